The Kier molecular flexibility index (Phi) is 5.61. The van der Waals surface area contributed by atoms with Gasteiger partial charge in [-0.05, 0) is 81.3 Å². The molecule has 2 atom stereocenters. The molecule has 1 aromatic carbocycles. The Balaban J connectivity index is 1.08. The molecule has 4 heterocycles. The Bertz CT molecular complexity index is 1250. The van der Waals surface area contributed by atoms with E-state index in [0.29, 0.717) is 49.6 Å². The van der Waals surface area contributed by atoms with Crippen molar-refractivity contribution in [3.05, 3.63) is 36.0 Å². The number of anilines is 3. The van der Waals surface area contributed by atoms with Gasteiger partial charge in [0.05, 0.1) is 5.54 Å². The number of carbonyl (C=O) groups is 2. The molecule has 9 nitrogen and oxygen atoms in total. The maximum atomic E-state index is 14.0. The molecule has 2 saturated heterocycles. The van der Waals surface area contributed by atoms with Gasteiger partial charge in [0, 0.05) is 37.0 Å². The van der Waals surface area contributed by atoms with E-state index in [9.17, 15) is 9.59 Å². The minimum Gasteiger partial charge on any atom is -0.492 e. The Labute approximate surface area is 223 Å². The van der Waals surface area contributed by atoms with Gasteiger partial charge in [0.1, 0.15) is 23.6 Å². The van der Waals surface area contributed by atoms with E-state index in [1.807, 2.05) is 29.2 Å². The molecule has 8 rings (SSSR count). The van der Waals surface area contributed by atoms with Gasteiger partial charge >= 0.3 is 0 Å². The minimum absolute atomic E-state index is 0.0827. The van der Waals surface area contributed by atoms with Crippen LogP contribution in [0.15, 0.2) is 30.5 Å². The normalized spacial score (nSPS) is 31.9. The fourth-order valence-electron chi connectivity index (χ4n) is 7.26. The third-order valence-electron chi connectivity index (χ3n) is 9.90. The summed E-state index contributed by atoms with van der Waals surface area (Å²) in [6.07, 6.45) is 8.58. The highest BCUT2D eigenvalue weighted by Gasteiger charge is 2.71. The van der Waals surface area contributed by atoms with Crippen LogP contribution < -0.4 is 20.3 Å². The van der Waals surface area contributed by atoms with E-state index >= 15 is 0 Å². The molecule has 3 aliphatic heterocycles. The Morgan fingerprint density at radius 3 is 2.58 bits per heavy atom. The lowest BCUT2D eigenvalue weighted by Crippen LogP contribution is -2.78. The second kappa shape index (κ2) is 8.93. The summed E-state index contributed by atoms with van der Waals surface area (Å²) in [5, 5.41) is 6.20. The predicted octanol–water partition coefficient (Wildman–Crippen LogP) is 3.28. The van der Waals surface area contributed by atoms with Gasteiger partial charge in [-0.2, -0.15) is 4.98 Å². The number of benzene rings is 1. The first kappa shape index (κ1) is 23.9. The van der Waals surface area contributed by atoms with Crippen LogP contribution in [0.2, 0.25) is 0 Å². The number of hydrogen-bond donors (Lipinski definition) is 2. The first-order valence-corrected chi connectivity index (χ1v) is 14.2. The maximum absolute atomic E-state index is 14.0. The van der Waals surface area contributed by atoms with Gasteiger partial charge in [0.15, 0.2) is 0 Å². The van der Waals surface area contributed by atoms with E-state index in [1.54, 1.807) is 6.20 Å². The average Bonchev–Trinajstić information content (AvgIpc) is 3.28. The van der Waals surface area contributed by atoms with Crippen LogP contribution in [0, 0.1) is 17.3 Å². The summed E-state index contributed by atoms with van der Waals surface area (Å²) in [5.41, 5.74) is 0.490. The largest absolute Gasteiger partial charge is 0.492 e. The van der Waals surface area contributed by atoms with Crippen LogP contribution in [0.3, 0.4) is 0 Å². The fourth-order valence-corrected chi connectivity index (χ4v) is 7.26. The van der Waals surface area contributed by atoms with Crippen LogP contribution in [0.1, 0.15) is 51.0 Å². The molecule has 2 aromatic rings. The fraction of sp³-hybridized carbons (Fsp3) is 0.586. The molecule has 6 aliphatic rings. The quantitative estimate of drug-likeness (QED) is 0.545. The van der Waals surface area contributed by atoms with Gasteiger partial charge in [0.25, 0.3) is 0 Å². The van der Waals surface area contributed by atoms with E-state index in [4.69, 9.17) is 9.72 Å². The van der Waals surface area contributed by atoms with E-state index in [-0.39, 0.29) is 17.4 Å². The second-order valence-electron chi connectivity index (χ2n) is 11.9. The molecular formula is C29H36N6O3. The highest BCUT2D eigenvalue weighted by Crippen LogP contribution is 2.67. The molecule has 2 N–H and O–H groups in total. The number of nitrogens with zero attached hydrogens (tertiary/aromatic N) is 4. The molecule has 1 spiro atoms. The zero-order valence-electron chi connectivity index (χ0n) is 22.0. The highest BCUT2D eigenvalue weighted by atomic mass is 16.5. The lowest BCUT2D eigenvalue weighted by atomic mass is 9.42. The van der Waals surface area contributed by atoms with Crippen molar-refractivity contribution >= 4 is 29.3 Å². The molecule has 1 aromatic heterocycles. The number of likely N-dealkylation sites (tertiary alicyclic amines) is 1. The van der Waals surface area contributed by atoms with Gasteiger partial charge in [-0.25, -0.2) is 4.98 Å². The number of piperidine rings is 1. The third kappa shape index (κ3) is 3.61. The van der Waals surface area contributed by atoms with Crippen molar-refractivity contribution in [3.8, 4) is 5.75 Å². The predicted molar refractivity (Wildman–Crippen MR) is 143 cm³/mol. The summed E-state index contributed by atoms with van der Waals surface area (Å²) >= 11 is 0. The second-order valence-corrected chi connectivity index (χ2v) is 11.9. The van der Waals surface area contributed by atoms with Crippen LogP contribution in [0.4, 0.5) is 17.5 Å². The summed E-state index contributed by atoms with van der Waals surface area (Å²) in [6, 6.07) is 7.84. The maximum Gasteiger partial charge on any atom is 0.244 e. The van der Waals surface area contributed by atoms with Crippen molar-refractivity contribution in [2.45, 2.75) is 57.4 Å². The summed E-state index contributed by atoms with van der Waals surface area (Å²) in [5.74, 6) is 2.81. The van der Waals surface area contributed by atoms with Gasteiger partial charge in [-0.3, -0.25) is 19.4 Å². The standard InChI is InChI=1S/C29H36N6O3/c1-19-20-16-29(19,17-20)35-24-21(15-28(26(35)37)9-10-30-25(28)36)18-31-27(33-24)32-22-5-7-23(8-6-22)38-14-13-34-11-3-2-4-12-34/h5-8,18-20H,2-4,9-17H2,1H3,(H,30,36)(H,31,32,33)/t19-,20?,28-,29?/m1/s1. The Hall–Kier alpha value is -3.20. The lowest BCUT2D eigenvalue weighted by molar-refractivity contribution is -0.151. The number of amides is 2. The molecule has 38 heavy (non-hydrogen) atoms. The number of rotatable bonds is 7. The van der Waals surface area contributed by atoms with Crippen LogP contribution >= 0.6 is 0 Å². The zero-order valence-corrected chi connectivity index (χ0v) is 22.0. The third-order valence-corrected chi connectivity index (χ3v) is 9.90. The van der Waals surface area contributed by atoms with Gasteiger partial charge in [-0.1, -0.05) is 13.3 Å². The van der Waals surface area contributed by atoms with E-state index in [0.717, 1.165) is 36.4 Å². The van der Waals surface area contributed by atoms with Crippen LogP contribution in [-0.4, -0.2) is 65.0 Å². The highest BCUT2D eigenvalue weighted by molar-refractivity contribution is 6.15. The van der Waals surface area contributed by atoms with Crippen molar-refractivity contribution in [2.75, 3.05) is 43.0 Å². The monoisotopic (exact) mass is 516 g/mol. The van der Waals surface area contributed by atoms with E-state index in [1.165, 1.54) is 32.4 Å². The van der Waals surface area contributed by atoms with E-state index in [2.05, 4.69) is 27.4 Å². The van der Waals surface area contributed by atoms with Crippen LogP contribution in [0.25, 0.3) is 0 Å². The molecule has 3 saturated carbocycles. The number of hydrogen-bond acceptors (Lipinski definition) is 7. The molecule has 0 radical (unpaired) electrons. The van der Waals surface area contributed by atoms with Gasteiger partial charge < -0.3 is 15.4 Å². The summed E-state index contributed by atoms with van der Waals surface area (Å²) in [6.45, 7) is 6.75. The minimum atomic E-state index is -1.02. The summed E-state index contributed by atoms with van der Waals surface area (Å²) < 4.78 is 5.96. The van der Waals surface area contributed by atoms with Gasteiger partial charge in [0.2, 0.25) is 17.8 Å². The van der Waals surface area contributed by atoms with Crippen molar-refractivity contribution < 1.29 is 14.3 Å². The molecule has 200 valence electrons. The van der Waals surface area contributed by atoms with Crippen LogP contribution in [0.5, 0.6) is 5.75 Å². The number of ether oxygens (including phenoxy) is 1. The number of carbonyl (C=O) groups excluding carboxylic acids is 2. The van der Waals surface area contributed by atoms with Crippen molar-refractivity contribution in [1.29, 1.82) is 0 Å². The zero-order chi connectivity index (χ0) is 25.9. The molecule has 2 bridgehead atoms. The SMILES string of the molecule is C[C@@H]1C2CC1(N1C(=O)[C@]3(CCNC3=O)Cc3cnc(Nc4ccc(OCCN5CCCCC5)cc4)nc31)C2. The summed E-state index contributed by atoms with van der Waals surface area (Å²) in [4.78, 5) is 40.7. The molecular weight excluding hydrogens is 480 g/mol. The lowest BCUT2D eigenvalue weighted by Gasteiger charge is -2.71. The van der Waals surface area contributed by atoms with Crippen molar-refractivity contribution in [3.63, 3.8) is 0 Å². The van der Waals surface area contributed by atoms with Crippen molar-refractivity contribution in [2.24, 2.45) is 17.3 Å². The topological polar surface area (TPSA) is 99.7 Å². The molecule has 2 amide bonds. The first-order valence-electron chi connectivity index (χ1n) is 14.2. The first-order chi connectivity index (χ1) is 18.5. The number of fused-ring (bicyclic) bond motifs is 1. The van der Waals surface area contributed by atoms with E-state index < -0.39 is 5.41 Å². The molecule has 5 fully saturated rings. The Morgan fingerprint density at radius 2 is 1.92 bits per heavy atom. The smallest absolute Gasteiger partial charge is 0.244 e. The number of nitrogens with one attached hydrogen (secondary N) is 2. The van der Waals surface area contributed by atoms with Crippen molar-refractivity contribution in [1.82, 2.24) is 20.2 Å². The molecule has 0 unspecified atom stereocenters. The molecule has 9 heteroatoms. The van der Waals surface area contributed by atoms with Gasteiger partial charge in [-0.15, -0.1) is 0 Å². The van der Waals surface area contributed by atoms with Crippen LogP contribution in [-0.2, 0) is 16.0 Å². The average molecular weight is 517 g/mol. The number of aromatic nitrogens is 2. The molecule has 3 aliphatic carbocycles. The Morgan fingerprint density at radius 1 is 1.13 bits per heavy atom. The summed E-state index contributed by atoms with van der Waals surface area (Å²) in [7, 11) is 0.